The van der Waals surface area contributed by atoms with Crippen LogP contribution in [0.25, 0.3) is 5.69 Å². The van der Waals surface area contributed by atoms with Crippen LogP contribution in [0.3, 0.4) is 0 Å². The zero-order valence-electron chi connectivity index (χ0n) is 14.2. The Balaban J connectivity index is 1.73. The summed E-state index contributed by atoms with van der Waals surface area (Å²) in [6, 6.07) is 7.73. The number of nitrogens with zero attached hydrogens (tertiary/aromatic N) is 4. The van der Waals surface area contributed by atoms with E-state index in [1.165, 1.54) is 12.8 Å². The fraction of sp³-hybridized carbons (Fsp3) is 0.471. The van der Waals surface area contributed by atoms with E-state index in [0.29, 0.717) is 40.6 Å². The van der Waals surface area contributed by atoms with Crippen LogP contribution < -0.4 is 5.32 Å². The van der Waals surface area contributed by atoms with Crippen molar-refractivity contribution in [1.29, 1.82) is 0 Å². The van der Waals surface area contributed by atoms with Crippen molar-refractivity contribution < 1.29 is 4.79 Å². The summed E-state index contributed by atoms with van der Waals surface area (Å²) >= 11 is 6.20. The molecule has 1 aromatic carbocycles. The van der Waals surface area contributed by atoms with Crippen molar-refractivity contribution in [2.45, 2.75) is 25.8 Å². The molecule has 0 unspecified atom stereocenters. The molecular formula is C17H22ClN5O. The zero-order valence-corrected chi connectivity index (χ0v) is 14.9. The molecule has 1 heterocycles. The number of carbonyl (C=O) groups excluding carboxylic acids is 1. The van der Waals surface area contributed by atoms with Gasteiger partial charge in [-0.15, -0.1) is 5.10 Å². The number of hydrogen-bond donors (Lipinski definition) is 1. The second kappa shape index (κ2) is 6.91. The predicted octanol–water partition coefficient (Wildman–Crippen LogP) is 2.30. The van der Waals surface area contributed by atoms with Crippen LogP contribution in [0.1, 0.15) is 29.0 Å². The van der Waals surface area contributed by atoms with Crippen molar-refractivity contribution in [3.63, 3.8) is 0 Å². The van der Waals surface area contributed by atoms with Gasteiger partial charge in [-0.05, 0) is 51.9 Å². The largest absolute Gasteiger partial charge is 0.349 e. The maximum atomic E-state index is 12.5. The lowest BCUT2D eigenvalue weighted by Gasteiger charge is -2.24. The Labute approximate surface area is 146 Å². The Bertz CT molecular complexity index is 736. The van der Waals surface area contributed by atoms with Crippen LogP contribution in [0, 0.1) is 12.8 Å². The summed E-state index contributed by atoms with van der Waals surface area (Å²) in [5, 5.41) is 11.7. The Morgan fingerprint density at radius 1 is 1.42 bits per heavy atom. The Morgan fingerprint density at radius 3 is 2.75 bits per heavy atom. The summed E-state index contributed by atoms with van der Waals surface area (Å²) in [5.41, 5.74) is 1.73. The first kappa shape index (κ1) is 16.9. The average molecular weight is 348 g/mol. The van der Waals surface area contributed by atoms with Gasteiger partial charge in [-0.1, -0.05) is 28.9 Å². The van der Waals surface area contributed by atoms with Gasteiger partial charge < -0.3 is 10.2 Å². The van der Waals surface area contributed by atoms with Crippen molar-refractivity contribution >= 4 is 17.5 Å². The lowest BCUT2D eigenvalue weighted by atomic mass is 10.1. The molecule has 1 saturated carbocycles. The molecule has 2 aromatic rings. The standard InChI is InChI=1S/C17H22ClN5O/c1-11-16(17(24)19-10-15(22(2)3)12-8-9-12)20-21-23(11)14-7-5-4-6-13(14)18/h4-7,12,15H,8-10H2,1-3H3,(H,19,24)/t15-/m0/s1. The number of carbonyl (C=O) groups is 1. The SMILES string of the molecule is Cc1c(C(=O)NC[C@@H](C2CC2)N(C)C)nnn1-c1ccccc1Cl. The van der Waals surface area contributed by atoms with Gasteiger partial charge >= 0.3 is 0 Å². The first-order valence-corrected chi connectivity index (χ1v) is 8.48. The Morgan fingerprint density at radius 2 is 2.12 bits per heavy atom. The number of rotatable bonds is 6. The number of amides is 1. The number of benzene rings is 1. The van der Waals surface area contributed by atoms with Crippen LogP contribution in [-0.2, 0) is 0 Å². The van der Waals surface area contributed by atoms with Crippen molar-refractivity contribution in [1.82, 2.24) is 25.2 Å². The number of hydrogen-bond acceptors (Lipinski definition) is 4. The topological polar surface area (TPSA) is 63.1 Å². The van der Waals surface area contributed by atoms with Crippen LogP contribution >= 0.6 is 11.6 Å². The van der Waals surface area contributed by atoms with Crippen molar-refractivity contribution in [3.05, 3.63) is 40.7 Å². The van der Waals surface area contributed by atoms with Crippen LogP contribution in [0.4, 0.5) is 0 Å². The molecule has 1 aromatic heterocycles. The quantitative estimate of drug-likeness (QED) is 0.871. The molecule has 1 fully saturated rings. The van der Waals surface area contributed by atoms with E-state index in [1.54, 1.807) is 10.7 Å². The highest BCUT2D eigenvalue weighted by Gasteiger charge is 2.33. The summed E-state index contributed by atoms with van der Waals surface area (Å²) in [6.45, 7) is 2.44. The zero-order chi connectivity index (χ0) is 17.3. The van der Waals surface area contributed by atoms with E-state index in [4.69, 9.17) is 11.6 Å². The first-order valence-electron chi connectivity index (χ1n) is 8.11. The summed E-state index contributed by atoms with van der Waals surface area (Å²) < 4.78 is 1.60. The van der Waals surface area contributed by atoms with E-state index in [-0.39, 0.29) is 5.91 Å². The van der Waals surface area contributed by atoms with E-state index in [1.807, 2.05) is 39.2 Å². The van der Waals surface area contributed by atoms with Crippen molar-refractivity contribution in [3.8, 4) is 5.69 Å². The molecule has 0 saturated heterocycles. The molecule has 1 aliphatic rings. The van der Waals surface area contributed by atoms with E-state index in [2.05, 4.69) is 20.5 Å². The predicted molar refractivity (Wildman–Crippen MR) is 93.6 cm³/mol. The maximum Gasteiger partial charge on any atom is 0.273 e. The molecule has 1 amide bonds. The molecule has 1 aliphatic carbocycles. The summed E-state index contributed by atoms with van der Waals surface area (Å²) in [5.74, 6) is 0.485. The molecule has 3 rings (SSSR count). The Hall–Kier alpha value is -1.92. The van der Waals surface area contributed by atoms with Gasteiger partial charge in [0.05, 0.1) is 16.4 Å². The molecular weight excluding hydrogens is 326 g/mol. The Kier molecular flexibility index (Phi) is 4.87. The van der Waals surface area contributed by atoms with Crippen LogP contribution in [0.2, 0.25) is 5.02 Å². The third kappa shape index (κ3) is 3.44. The minimum atomic E-state index is -0.196. The van der Waals surface area contributed by atoms with Gasteiger partial charge in [0.2, 0.25) is 0 Å². The molecule has 7 heteroatoms. The maximum absolute atomic E-state index is 12.5. The number of aromatic nitrogens is 3. The summed E-state index contributed by atoms with van der Waals surface area (Å²) in [4.78, 5) is 14.7. The molecule has 1 N–H and O–H groups in total. The minimum Gasteiger partial charge on any atom is -0.349 e. The molecule has 24 heavy (non-hydrogen) atoms. The monoisotopic (exact) mass is 347 g/mol. The number of nitrogens with one attached hydrogen (secondary N) is 1. The van der Waals surface area contributed by atoms with Gasteiger partial charge in [-0.3, -0.25) is 4.79 Å². The average Bonchev–Trinajstić information content (AvgIpc) is 3.30. The highest BCUT2D eigenvalue weighted by Crippen LogP contribution is 2.34. The second-order valence-electron chi connectivity index (χ2n) is 6.47. The fourth-order valence-electron chi connectivity index (χ4n) is 2.92. The fourth-order valence-corrected chi connectivity index (χ4v) is 3.14. The van der Waals surface area contributed by atoms with Crippen molar-refractivity contribution in [2.24, 2.45) is 5.92 Å². The lowest BCUT2D eigenvalue weighted by molar-refractivity contribution is 0.0933. The highest BCUT2D eigenvalue weighted by atomic mass is 35.5. The second-order valence-corrected chi connectivity index (χ2v) is 6.87. The van der Waals surface area contributed by atoms with Gasteiger partial charge in [-0.25, -0.2) is 4.68 Å². The molecule has 0 bridgehead atoms. The molecule has 0 spiro atoms. The summed E-state index contributed by atoms with van der Waals surface area (Å²) in [6.07, 6.45) is 2.47. The van der Waals surface area contributed by atoms with E-state index < -0.39 is 0 Å². The third-order valence-corrected chi connectivity index (χ3v) is 4.81. The molecule has 1 atom stereocenters. The van der Waals surface area contributed by atoms with Crippen LogP contribution in [0.5, 0.6) is 0 Å². The molecule has 0 aliphatic heterocycles. The minimum absolute atomic E-state index is 0.196. The third-order valence-electron chi connectivity index (χ3n) is 4.49. The molecule has 128 valence electrons. The van der Waals surface area contributed by atoms with Gasteiger partial charge in [0, 0.05) is 12.6 Å². The van der Waals surface area contributed by atoms with E-state index in [9.17, 15) is 4.79 Å². The lowest BCUT2D eigenvalue weighted by Crippen LogP contribution is -2.41. The summed E-state index contributed by atoms with van der Waals surface area (Å²) in [7, 11) is 4.10. The highest BCUT2D eigenvalue weighted by molar-refractivity contribution is 6.32. The molecule has 6 nitrogen and oxygen atoms in total. The van der Waals surface area contributed by atoms with Crippen LogP contribution in [-0.4, -0.2) is 52.5 Å². The van der Waals surface area contributed by atoms with Gasteiger partial charge in [-0.2, -0.15) is 0 Å². The van der Waals surface area contributed by atoms with Gasteiger partial charge in [0.1, 0.15) is 0 Å². The number of halogens is 1. The van der Waals surface area contributed by atoms with Crippen LogP contribution in [0.15, 0.2) is 24.3 Å². The van der Waals surface area contributed by atoms with Gasteiger partial charge in [0.25, 0.3) is 5.91 Å². The number of likely N-dealkylation sites (N-methyl/N-ethyl adjacent to an activating group) is 1. The first-order chi connectivity index (χ1) is 11.5. The smallest absolute Gasteiger partial charge is 0.273 e. The van der Waals surface area contributed by atoms with E-state index >= 15 is 0 Å². The normalized spacial score (nSPS) is 15.5. The van der Waals surface area contributed by atoms with E-state index in [0.717, 1.165) is 0 Å². The van der Waals surface area contributed by atoms with Crippen molar-refractivity contribution in [2.75, 3.05) is 20.6 Å². The molecule has 0 radical (unpaired) electrons. The number of para-hydroxylation sites is 1. The van der Waals surface area contributed by atoms with Gasteiger partial charge in [0.15, 0.2) is 5.69 Å².